The fourth-order valence-electron chi connectivity index (χ4n) is 1.60. The van der Waals surface area contributed by atoms with Gasteiger partial charge in [0.2, 0.25) is 10.0 Å². The standard InChI is InChI=1S/C10H13N5O3S/c1-7(10-11-14-15-12-10)13-19(17,18)9-5-3-2-4-8(9)6-16/h2-5,7,13,16H,6H2,1H3,(H,11,12,14,15). The lowest BCUT2D eigenvalue weighted by molar-refractivity contribution is 0.278. The van der Waals surface area contributed by atoms with Gasteiger partial charge in [-0.2, -0.15) is 5.21 Å². The van der Waals surface area contributed by atoms with Crippen molar-refractivity contribution in [1.82, 2.24) is 25.3 Å². The molecule has 0 radical (unpaired) electrons. The summed E-state index contributed by atoms with van der Waals surface area (Å²) in [6, 6.07) is 5.60. The van der Waals surface area contributed by atoms with Crippen LogP contribution in [0.5, 0.6) is 0 Å². The molecule has 19 heavy (non-hydrogen) atoms. The summed E-state index contributed by atoms with van der Waals surface area (Å²) in [5.41, 5.74) is 0.329. The first-order chi connectivity index (χ1) is 9.04. The van der Waals surface area contributed by atoms with Crippen LogP contribution in [0.2, 0.25) is 0 Å². The molecule has 1 aromatic carbocycles. The molecule has 0 spiro atoms. The summed E-state index contributed by atoms with van der Waals surface area (Å²) < 4.78 is 26.8. The summed E-state index contributed by atoms with van der Waals surface area (Å²) in [6.45, 7) is 1.25. The molecule has 0 aliphatic rings. The molecule has 1 aromatic heterocycles. The average molecular weight is 283 g/mol. The van der Waals surface area contributed by atoms with Crippen molar-refractivity contribution in [3.63, 3.8) is 0 Å². The highest BCUT2D eigenvalue weighted by Gasteiger charge is 2.22. The predicted molar refractivity (Wildman–Crippen MR) is 65.3 cm³/mol. The summed E-state index contributed by atoms with van der Waals surface area (Å²) in [5, 5.41) is 22.2. The van der Waals surface area contributed by atoms with Crippen molar-refractivity contribution in [1.29, 1.82) is 0 Å². The Kier molecular flexibility index (Phi) is 3.88. The van der Waals surface area contributed by atoms with Crippen molar-refractivity contribution in [3.05, 3.63) is 35.7 Å². The number of aliphatic hydroxyl groups excluding tert-OH is 1. The summed E-state index contributed by atoms with van der Waals surface area (Å²) >= 11 is 0. The molecule has 0 bridgehead atoms. The normalized spacial score (nSPS) is 13.4. The molecule has 1 atom stereocenters. The van der Waals surface area contributed by atoms with Gasteiger partial charge in [0.05, 0.1) is 17.5 Å². The van der Waals surface area contributed by atoms with E-state index in [1.54, 1.807) is 25.1 Å². The zero-order valence-corrected chi connectivity index (χ0v) is 10.9. The van der Waals surface area contributed by atoms with Gasteiger partial charge < -0.3 is 5.11 Å². The Morgan fingerprint density at radius 1 is 1.42 bits per heavy atom. The van der Waals surface area contributed by atoms with Crippen LogP contribution < -0.4 is 4.72 Å². The maximum Gasteiger partial charge on any atom is 0.241 e. The number of nitrogens with one attached hydrogen (secondary N) is 2. The van der Waals surface area contributed by atoms with Crippen LogP contribution in [0.1, 0.15) is 24.4 Å². The molecule has 102 valence electrons. The minimum atomic E-state index is -3.76. The maximum atomic E-state index is 12.2. The monoisotopic (exact) mass is 283 g/mol. The molecular formula is C10H13N5O3S. The van der Waals surface area contributed by atoms with E-state index in [-0.39, 0.29) is 17.3 Å². The van der Waals surface area contributed by atoms with E-state index in [1.165, 1.54) is 6.07 Å². The van der Waals surface area contributed by atoms with Crippen molar-refractivity contribution in [2.45, 2.75) is 24.5 Å². The second-order valence-electron chi connectivity index (χ2n) is 3.88. The fourth-order valence-corrected chi connectivity index (χ4v) is 3.03. The molecular weight excluding hydrogens is 270 g/mol. The van der Waals surface area contributed by atoms with Crippen molar-refractivity contribution in [2.24, 2.45) is 0 Å². The number of benzene rings is 1. The Labute approximate surface area is 109 Å². The number of hydrogen-bond donors (Lipinski definition) is 3. The second-order valence-corrected chi connectivity index (χ2v) is 5.56. The smallest absolute Gasteiger partial charge is 0.241 e. The molecule has 3 N–H and O–H groups in total. The highest BCUT2D eigenvalue weighted by molar-refractivity contribution is 7.89. The van der Waals surface area contributed by atoms with Gasteiger partial charge in [0.15, 0.2) is 5.82 Å². The molecule has 9 heteroatoms. The Balaban J connectivity index is 2.28. The number of hydrogen-bond acceptors (Lipinski definition) is 6. The maximum absolute atomic E-state index is 12.2. The van der Waals surface area contributed by atoms with Crippen molar-refractivity contribution < 1.29 is 13.5 Å². The molecule has 0 saturated carbocycles. The van der Waals surface area contributed by atoms with Gasteiger partial charge in [-0.1, -0.05) is 23.4 Å². The molecule has 0 fully saturated rings. The molecule has 0 aliphatic heterocycles. The van der Waals surface area contributed by atoms with Crippen molar-refractivity contribution in [3.8, 4) is 0 Å². The molecule has 2 rings (SSSR count). The first-order valence-corrected chi connectivity index (χ1v) is 6.97. The zero-order valence-electron chi connectivity index (χ0n) is 10.1. The lowest BCUT2D eigenvalue weighted by atomic mass is 10.2. The van der Waals surface area contributed by atoms with Crippen LogP contribution in [0.4, 0.5) is 0 Å². The van der Waals surface area contributed by atoms with Gasteiger partial charge in [-0.05, 0) is 18.6 Å². The van der Waals surface area contributed by atoms with E-state index >= 15 is 0 Å². The van der Waals surface area contributed by atoms with Gasteiger partial charge in [0.25, 0.3) is 0 Å². The van der Waals surface area contributed by atoms with Crippen molar-refractivity contribution in [2.75, 3.05) is 0 Å². The molecule has 0 aliphatic carbocycles. The van der Waals surface area contributed by atoms with E-state index in [2.05, 4.69) is 25.3 Å². The average Bonchev–Trinajstić information content (AvgIpc) is 2.92. The molecule has 1 heterocycles. The number of sulfonamides is 1. The van der Waals surface area contributed by atoms with Gasteiger partial charge in [-0.15, -0.1) is 10.2 Å². The van der Waals surface area contributed by atoms with Crippen LogP contribution in [0, 0.1) is 0 Å². The number of rotatable bonds is 5. The minimum absolute atomic E-state index is 0.0350. The fraction of sp³-hybridized carbons (Fsp3) is 0.300. The number of nitrogens with zero attached hydrogens (tertiary/aromatic N) is 3. The third kappa shape index (κ3) is 2.95. The molecule has 1 unspecified atom stereocenters. The van der Waals surface area contributed by atoms with E-state index in [9.17, 15) is 8.42 Å². The molecule has 0 saturated heterocycles. The number of aromatic amines is 1. The minimum Gasteiger partial charge on any atom is -0.392 e. The van der Waals surface area contributed by atoms with Crippen LogP contribution in [-0.4, -0.2) is 34.1 Å². The van der Waals surface area contributed by atoms with Crippen LogP contribution >= 0.6 is 0 Å². The third-order valence-electron chi connectivity index (χ3n) is 2.51. The Morgan fingerprint density at radius 2 is 2.16 bits per heavy atom. The number of aliphatic hydroxyl groups is 1. The van der Waals surface area contributed by atoms with E-state index in [0.29, 0.717) is 5.56 Å². The molecule has 8 nitrogen and oxygen atoms in total. The van der Waals surface area contributed by atoms with Crippen LogP contribution in [-0.2, 0) is 16.6 Å². The molecule has 0 amide bonds. The summed E-state index contributed by atoms with van der Waals surface area (Å²) in [7, 11) is -3.76. The van der Waals surface area contributed by atoms with Gasteiger partial charge in [0.1, 0.15) is 0 Å². The Hall–Kier alpha value is -1.84. The Bertz CT molecular complexity index is 641. The number of tetrazole rings is 1. The SMILES string of the molecule is CC(NS(=O)(=O)c1ccccc1CO)c1nn[nH]n1. The van der Waals surface area contributed by atoms with Crippen LogP contribution in [0.25, 0.3) is 0 Å². The van der Waals surface area contributed by atoms with E-state index < -0.39 is 16.1 Å². The molecule has 2 aromatic rings. The van der Waals surface area contributed by atoms with Crippen molar-refractivity contribution >= 4 is 10.0 Å². The van der Waals surface area contributed by atoms with Crippen LogP contribution in [0.3, 0.4) is 0 Å². The second kappa shape index (κ2) is 5.43. The van der Waals surface area contributed by atoms with Gasteiger partial charge in [-0.3, -0.25) is 0 Å². The first-order valence-electron chi connectivity index (χ1n) is 5.49. The van der Waals surface area contributed by atoms with Gasteiger partial charge in [-0.25, -0.2) is 13.1 Å². The van der Waals surface area contributed by atoms with E-state index in [0.717, 1.165) is 0 Å². The largest absolute Gasteiger partial charge is 0.392 e. The third-order valence-corrected chi connectivity index (χ3v) is 4.15. The summed E-state index contributed by atoms with van der Waals surface area (Å²) in [6.07, 6.45) is 0. The topological polar surface area (TPSA) is 121 Å². The lowest BCUT2D eigenvalue weighted by Crippen LogP contribution is -2.28. The summed E-state index contributed by atoms with van der Waals surface area (Å²) in [5.74, 6) is 0.241. The summed E-state index contributed by atoms with van der Waals surface area (Å²) in [4.78, 5) is 0.0350. The number of H-pyrrole nitrogens is 1. The lowest BCUT2D eigenvalue weighted by Gasteiger charge is -2.13. The Morgan fingerprint density at radius 3 is 2.79 bits per heavy atom. The highest BCUT2D eigenvalue weighted by Crippen LogP contribution is 2.17. The highest BCUT2D eigenvalue weighted by atomic mass is 32.2. The van der Waals surface area contributed by atoms with E-state index in [1.807, 2.05) is 0 Å². The number of aromatic nitrogens is 4. The zero-order chi connectivity index (χ0) is 13.9. The predicted octanol–water partition coefficient (Wildman–Crippen LogP) is -0.269. The van der Waals surface area contributed by atoms with Gasteiger partial charge in [0, 0.05) is 0 Å². The quantitative estimate of drug-likeness (QED) is 0.694. The first kappa shape index (κ1) is 13.6. The van der Waals surface area contributed by atoms with Crippen LogP contribution in [0.15, 0.2) is 29.2 Å². The van der Waals surface area contributed by atoms with E-state index in [4.69, 9.17) is 5.11 Å². The van der Waals surface area contributed by atoms with Gasteiger partial charge >= 0.3 is 0 Å².